The lowest BCUT2D eigenvalue weighted by Gasteiger charge is -2.16. The number of carbonyl (C=O) groups is 2. The quantitative estimate of drug-likeness (QED) is 0.0786. The van der Waals surface area contributed by atoms with Gasteiger partial charge in [0, 0.05) is 6.42 Å². The standard InChI is InChI=1S/C31H54O4/c1-3-5-7-9-10-11-12-13-14-15-16-17-18-19-20-21-22-23-25-27-31(34)35-29(28-30(32)33)26-24-8-6-4-2/h10-11,13-14,16-17,29H,3-9,12,15,18-28H2,1-2H3,(H,32,33)/b11-10-,14-13-,17-16-. The van der Waals surface area contributed by atoms with E-state index in [1.54, 1.807) is 0 Å². The second-order valence-corrected chi connectivity index (χ2v) is 9.60. The molecule has 4 heteroatoms. The Morgan fingerprint density at radius 3 is 1.74 bits per heavy atom. The first-order valence-corrected chi connectivity index (χ1v) is 14.5. The monoisotopic (exact) mass is 490 g/mol. The van der Waals surface area contributed by atoms with Gasteiger partial charge in [0.15, 0.2) is 0 Å². The maximum atomic E-state index is 12.1. The summed E-state index contributed by atoms with van der Waals surface area (Å²) in [5.74, 6) is -1.14. The van der Waals surface area contributed by atoms with E-state index in [0.29, 0.717) is 12.8 Å². The number of rotatable bonds is 25. The largest absolute Gasteiger partial charge is 0.481 e. The predicted octanol–water partition coefficient (Wildman–Crippen LogP) is 9.49. The van der Waals surface area contributed by atoms with Gasteiger partial charge in [0.05, 0.1) is 6.42 Å². The molecule has 4 nitrogen and oxygen atoms in total. The second-order valence-electron chi connectivity index (χ2n) is 9.60. The molecule has 35 heavy (non-hydrogen) atoms. The second kappa shape index (κ2) is 26.8. The van der Waals surface area contributed by atoms with Crippen LogP contribution in [0.4, 0.5) is 0 Å². The molecule has 0 aliphatic rings. The number of aliphatic carboxylic acids is 1. The van der Waals surface area contributed by atoms with Crippen molar-refractivity contribution in [2.75, 3.05) is 0 Å². The van der Waals surface area contributed by atoms with Crippen LogP contribution >= 0.6 is 0 Å². The zero-order chi connectivity index (χ0) is 25.8. The van der Waals surface area contributed by atoms with Crippen molar-refractivity contribution in [3.05, 3.63) is 36.5 Å². The SMILES string of the molecule is CCCCC/C=C\C/C=C\C/C=C\CCCCCCCCC(=O)OC(CCCCCC)CC(=O)O. The lowest BCUT2D eigenvalue weighted by molar-refractivity contribution is -0.153. The van der Waals surface area contributed by atoms with E-state index >= 15 is 0 Å². The van der Waals surface area contributed by atoms with Crippen LogP contribution in [0.15, 0.2) is 36.5 Å². The Hall–Kier alpha value is -1.84. The van der Waals surface area contributed by atoms with E-state index in [0.717, 1.165) is 64.2 Å². The van der Waals surface area contributed by atoms with Gasteiger partial charge in [0.25, 0.3) is 0 Å². The normalized spacial score (nSPS) is 12.7. The molecule has 0 aliphatic carbocycles. The number of carboxylic acids is 1. The summed E-state index contributed by atoms with van der Waals surface area (Å²) in [7, 11) is 0. The fourth-order valence-corrected chi connectivity index (χ4v) is 3.97. The van der Waals surface area contributed by atoms with E-state index in [1.165, 1.54) is 44.9 Å². The molecule has 0 bridgehead atoms. The maximum absolute atomic E-state index is 12.1. The van der Waals surface area contributed by atoms with Crippen molar-refractivity contribution < 1.29 is 19.4 Å². The third kappa shape index (κ3) is 26.6. The Bertz CT molecular complexity index is 577. The number of hydrogen-bond acceptors (Lipinski definition) is 3. The van der Waals surface area contributed by atoms with Crippen molar-refractivity contribution >= 4 is 11.9 Å². The van der Waals surface area contributed by atoms with Gasteiger partial charge in [-0.2, -0.15) is 0 Å². The maximum Gasteiger partial charge on any atom is 0.307 e. The number of carbonyl (C=O) groups excluding carboxylic acids is 1. The summed E-state index contributed by atoms with van der Waals surface area (Å²) >= 11 is 0. The van der Waals surface area contributed by atoms with Crippen molar-refractivity contribution in [1.29, 1.82) is 0 Å². The van der Waals surface area contributed by atoms with E-state index in [4.69, 9.17) is 9.84 Å². The number of esters is 1. The average molecular weight is 491 g/mol. The van der Waals surface area contributed by atoms with Gasteiger partial charge in [-0.1, -0.05) is 108 Å². The highest BCUT2D eigenvalue weighted by atomic mass is 16.5. The molecule has 0 radical (unpaired) electrons. The Morgan fingerprint density at radius 2 is 1.14 bits per heavy atom. The molecule has 0 aliphatic heterocycles. The van der Waals surface area contributed by atoms with Crippen LogP contribution in [-0.2, 0) is 14.3 Å². The molecule has 0 fully saturated rings. The van der Waals surface area contributed by atoms with Crippen molar-refractivity contribution in [2.45, 2.75) is 148 Å². The van der Waals surface area contributed by atoms with Crippen LogP contribution in [0.2, 0.25) is 0 Å². The molecular formula is C31H54O4. The van der Waals surface area contributed by atoms with Crippen molar-refractivity contribution in [3.63, 3.8) is 0 Å². The number of carboxylic acid groups (broad SMARTS) is 1. The molecule has 1 atom stereocenters. The Morgan fingerprint density at radius 1 is 0.657 bits per heavy atom. The minimum absolute atomic E-state index is 0.0842. The highest BCUT2D eigenvalue weighted by Gasteiger charge is 2.17. The van der Waals surface area contributed by atoms with Gasteiger partial charge in [-0.3, -0.25) is 9.59 Å². The van der Waals surface area contributed by atoms with Crippen LogP contribution in [-0.4, -0.2) is 23.1 Å². The molecule has 0 aromatic carbocycles. The Labute approximate surface area is 216 Å². The minimum atomic E-state index is -0.898. The van der Waals surface area contributed by atoms with Crippen LogP contribution in [0, 0.1) is 0 Å². The number of ether oxygens (including phenoxy) is 1. The number of allylic oxidation sites excluding steroid dienone is 6. The summed E-state index contributed by atoms with van der Waals surface area (Å²) in [6.07, 6.45) is 33.3. The molecule has 0 heterocycles. The lowest BCUT2D eigenvalue weighted by Crippen LogP contribution is -2.21. The lowest BCUT2D eigenvalue weighted by atomic mass is 10.1. The summed E-state index contributed by atoms with van der Waals surface area (Å²) in [6, 6.07) is 0. The van der Waals surface area contributed by atoms with Crippen LogP contribution in [0.5, 0.6) is 0 Å². The van der Waals surface area contributed by atoms with Crippen molar-refractivity contribution in [1.82, 2.24) is 0 Å². The van der Waals surface area contributed by atoms with E-state index in [-0.39, 0.29) is 12.4 Å². The zero-order valence-corrected chi connectivity index (χ0v) is 22.9. The van der Waals surface area contributed by atoms with Crippen LogP contribution in [0.3, 0.4) is 0 Å². The van der Waals surface area contributed by atoms with E-state index in [9.17, 15) is 9.59 Å². The molecule has 0 aromatic rings. The van der Waals surface area contributed by atoms with Gasteiger partial charge < -0.3 is 9.84 Å². The Balaban J connectivity index is 3.63. The summed E-state index contributed by atoms with van der Waals surface area (Å²) in [6.45, 7) is 4.38. The summed E-state index contributed by atoms with van der Waals surface area (Å²) in [5.41, 5.74) is 0. The van der Waals surface area contributed by atoms with Crippen LogP contribution in [0.1, 0.15) is 142 Å². The first kappa shape index (κ1) is 33.2. The Kier molecular flexibility index (Phi) is 25.4. The van der Waals surface area contributed by atoms with Gasteiger partial charge in [0.2, 0.25) is 0 Å². The van der Waals surface area contributed by atoms with E-state index in [1.807, 2.05) is 0 Å². The fraction of sp³-hybridized carbons (Fsp3) is 0.742. The molecule has 1 unspecified atom stereocenters. The first-order valence-electron chi connectivity index (χ1n) is 14.5. The molecular weight excluding hydrogens is 436 g/mol. The van der Waals surface area contributed by atoms with E-state index < -0.39 is 12.1 Å². The van der Waals surface area contributed by atoms with Crippen LogP contribution < -0.4 is 0 Å². The zero-order valence-electron chi connectivity index (χ0n) is 22.9. The molecule has 0 saturated heterocycles. The third-order valence-corrected chi connectivity index (χ3v) is 6.10. The third-order valence-electron chi connectivity index (χ3n) is 6.10. The fourth-order valence-electron chi connectivity index (χ4n) is 3.97. The summed E-state index contributed by atoms with van der Waals surface area (Å²) in [5, 5.41) is 9.04. The highest BCUT2D eigenvalue weighted by Crippen LogP contribution is 2.14. The van der Waals surface area contributed by atoms with Gasteiger partial charge in [0.1, 0.15) is 6.10 Å². The molecule has 0 saturated carbocycles. The van der Waals surface area contributed by atoms with Gasteiger partial charge in [-0.25, -0.2) is 0 Å². The smallest absolute Gasteiger partial charge is 0.307 e. The number of unbranched alkanes of at least 4 members (excludes halogenated alkanes) is 12. The summed E-state index contributed by atoms with van der Waals surface area (Å²) < 4.78 is 5.44. The average Bonchev–Trinajstić information content (AvgIpc) is 2.82. The molecule has 0 aromatic heterocycles. The van der Waals surface area contributed by atoms with Gasteiger partial charge >= 0.3 is 11.9 Å². The summed E-state index contributed by atoms with van der Waals surface area (Å²) in [4.78, 5) is 23.1. The topological polar surface area (TPSA) is 63.6 Å². The molecule has 1 N–H and O–H groups in total. The highest BCUT2D eigenvalue weighted by molar-refractivity contribution is 5.71. The minimum Gasteiger partial charge on any atom is -0.481 e. The van der Waals surface area contributed by atoms with Gasteiger partial charge in [-0.05, 0) is 57.8 Å². The van der Waals surface area contributed by atoms with Crippen molar-refractivity contribution in [3.8, 4) is 0 Å². The predicted molar refractivity (Wildman–Crippen MR) is 149 cm³/mol. The molecule has 0 amide bonds. The van der Waals surface area contributed by atoms with Gasteiger partial charge in [-0.15, -0.1) is 0 Å². The number of hydrogen-bond donors (Lipinski definition) is 1. The van der Waals surface area contributed by atoms with Crippen LogP contribution in [0.25, 0.3) is 0 Å². The van der Waals surface area contributed by atoms with Crippen molar-refractivity contribution in [2.24, 2.45) is 0 Å². The van der Waals surface area contributed by atoms with E-state index in [2.05, 4.69) is 50.3 Å². The molecule has 0 spiro atoms. The first-order chi connectivity index (χ1) is 17.1. The molecule has 0 rings (SSSR count). The molecule has 202 valence electrons.